The van der Waals surface area contributed by atoms with Gasteiger partial charge in [0.25, 0.3) is 0 Å². The predicted molar refractivity (Wildman–Crippen MR) is 76.7 cm³/mol. The molecule has 0 saturated heterocycles. The van der Waals surface area contributed by atoms with Gasteiger partial charge < -0.3 is 19.9 Å². The molecule has 1 aromatic carbocycles. The molecule has 0 aliphatic carbocycles. The van der Waals surface area contributed by atoms with E-state index < -0.39 is 0 Å². The van der Waals surface area contributed by atoms with E-state index in [1.165, 1.54) is 0 Å². The molecule has 108 valence electrons. The molecule has 0 aliphatic heterocycles. The third-order valence-electron chi connectivity index (χ3n) is 3.46. The number of rotatable bonds is 8. The lowest BCUT2D eigenvalue weighted by atomic mass is 10.0. The monoisotopic (exact) mass is 267 g/mol. The molecule has 1 rings (SSSR count). The van der Waals surface area contributed by atoms with Crippen LogP contribution in [0.1, 0.15) is 25.8 Å². The predicted octanol–water partition coefficient (Wildman–Crippen LogP) is 2.20. The minimum absolute atomic E-state index is 0.310. The lowest BCUT2D eigenvalue weighted by Crippen LogP contribution is -2.31. The Bertz CT molecular complexity index is 382. The quantitative estimate of drug-likeness (QED) is 0.758. The summed E-state index contributed by atoms with van der Waals surface area (Å²) < 4.78 is 10.5. The third kappa shape index (κ3) is 4.73. The molecule has 0 aromatic heterocycles. The van der Waals surface area contributed by atoms with Gasteiger partial charge in [-0.2, -0.15) is 0 Å². The van der Waals surface area contributed by atoms with Gasteiger partial charge in [0, 0.05) is 24.7 Å². The van der Waals surface area contributed by atoms with E-state index in [4.69, 9.17) is 9.47 Å². The fraction of sp³-hybridized carbons (Fsp3) is 0.600. The van der Waals surface area contributed by atoms with E-state index in [1.54, 1.807) is 14.2 Å². The fourth-order valence-corrected chi connectivity index (χ4v) is 1.83. The second kappa shape index (κ2) is 8.02. The van der Waals surface area contributed by atoms with Gasteiger partial charge in [-0.15, -0.1) is 0 Å². The molecule has 0 heterocycles. The minimum atomic E-state index is -0.311. The molecular weight excluding hydrogens is 242 g/mol. The number of aliphatic hydroxyl groups excluding tert-OH is 1. The summed E-state index contributed by atoms with van der Waals surface area (Å²) in [6.45, 7) is 5.39. The first-order valence-electron chi connectivity index (χ1n) is 6.72. The molecule has 1 aromatic rings. The molecule has 2 N–H and O–H groups in total. The lowest BCUT2D eigenvalue weighted by molar-refractivity contribution is 0.112. The van der Waals surface area contributed by atoms with E-state index in [-0.39, 0.29) is 6.10 Å². The van der Waals surface area contributed by atoms with Crippen LogP contribution in [-0.4, -0.2) is 32.0 Å². The Balaban J connectivity index is 2.53. The van der Waals surface area contributed by atoms with Gasteiger partial charge in [-0.3, -0.25) is 0 Å². The topological polar surface area (TPSA) is 50.7 Å². The summed E-state index contributed by atoms with van der Waals surface area (Å²) >= 11 is 0. The average molecular weight is 267 g/mol. The first-order chi connectivity index (χ1) is 9.12. The highest BCUT2D eigenvalue weighted by molar-refractivity contribution is 5.40. The van der Waals surface area contributed by atoms with Crippen LogP contribution in [-0.2, 0) is 6.54 Å². The Labute approximate surface area is 115 Å². The second-order valence-corrected chi connectivity index (χ2v) is 4.76. The van der Waals surface area contributed by atoms with Crippen LogP contribution in [0.4, 0.5) is 0 Å². The van der Waals surface area contributed by atoms with E-state index in [9.17, 15) is 5.11 Å². The molecule has 0 spiro atoms. The van der Waals surface area contributed by atoms with Gasteiger partial charge in [-0.1, -0.05) is 26.3 Å². The number of methoxy groups -OCH3 is 2. The Hall–Kier alpha value is -1.26. The number of ether oxygens (including phenoxy) is 2. The number of hydrogen-bond acceptors (Lipinski definition) is 4. The maximum atomic E-state index is 9.89. The van der Waals surface area contributed by atoms with E-state index in [1.807, 2.05) is 18.2 Å². The van der Waals surface area contributed by atoms with Gasteiger partial charge in [0.2, 0.25) is 0 Å². The minimum Gasteiger partial charge on any atom is -0.497 e. The summed E-state index contributed by atoms with van der Waals surface area (Å²) in [5, 5.41) is 13.1. The Morgan fingerprint density at radius 2 is 2.00 bits per heavy atom. The molecule has 0 bridgehead atoms. The number of benzene rings is 1. The molecule has 4 heteroatoms. The molecule has 0 aliphatic rings. The van der Waals surface area contributed by atoms with Gasteiger partial charge in [-0.25, -0.2) is 0 Å². The van der Waals surface area contributed by atoms with E-state index in [0.29, 0.717) is 19.0 Å². The van der Waals surface area contributed by atoms with Crippen LogP contribution in [0.5, 0.6) is 11.5 Å². The van der Waals surface area contributed by atoms with E-state index in [2.05, 4.69) is 19.2 Å². The van der Waals surface area contributed by atoms with Crippen LogP contribution >= 0.6 is 0 Å². The van der Waals surface area contributed by atoms with Crippen molar-refractivity contribution < 1.29 is 14.6 Å². The van der Waals surface area contributed by atoms with Crippen molar-refractivity contribution in [3.63, 3.8) is 0 Å². The highest BCUT2D eigenvalue weighted by Crippen LogP contribution is 2.24. The van der Waals surface area contributed by atoms with E-state index >= 15 is 0 Å². The van der Waals surface area contributed by atoms with Crippen LogP contribution in [0.3, 0.4) is 0 Å². The van der Waals surface area contributed by atoms with Crippen molar-refractivity contribution in [1.29, 1.82) is 0 Å². The van der Waals surface area contributed by atoms with Gasteiger partial charge in [-0.05, 0) is 12.0 Å². The molecule has 2 unspecified atom stereocenters. The Morgan fingerprint density at radius 1 is 1.26 bits per heavy atom. The number of aliphatic hydroxyl groups is 1. The van der Waals surface area contributed by atoms with Crippen molar-refractivity contribution >= 4 is 0 Å². The van der Waals surface area contributed by atoms with Crippen LogP contribution in [0.15, 0.2) is 18.2 Å². The van der Waals surface area contributed by atoms with Crippen molar-refractivity contribution in [2.45, 2.75) is 32.9 Å². The van der Waals surface area contributed by atoms with Crippen LogP contribution in [0.25, 0.3) is 0 Å². The summed E-state index contributed by atoms with van der Waals surface area (Å²) in [5.74, 6) is 1.88. The highest BCUT2D eigenvalue weighted by Gasteiger charge is 2.12. The standard InChI is InChI=1S/C15H25NO3/c1-5-11(2)14(17)10-16-9-12-6-7-13(18-3)8-15(12)19-4/h6-8,11,14,16-17H,5,9-10H2,1-4H3. The third-order valence-corrected chi connectivity index (χ3v) is 3.46. The van der Waals surface area contributed by atoms with Crippen molar-refractivity contribution in [2.75, 3.05) is 20.8 Å². The molecule has 19 heavy (non-hydrogen) atoms. The van der Waals surface area contributed by atoms with E-state index in [0.717, 1.165) is 23.5 Å². The summed E-state index contributed by atoms with van der Waals surface area (Å²) in [6.07, 6.45) is 0.670. The molecule has 0 radical (unpaired) electrons. The van der Waals surface area contributed by atoms with Crippen LogP contribution in [0, 0.1) is 5.92 Å². The summed E-state index contributed by atoms with van der Waals surface area (Å²) in [5.41, 5.74) is 1.06. The summed E-state index contributed by atoms with van der Waals surface area (Å²) in [4.78, 5) is 0. The SMILES string of the molecule is CCC(C)C(O)CNCc1ccc(OC)cc1OC. The van der Waals surface area contributed by atoms with Crippen molar-refractivity contribution in [3.05, 3.63) is 23.8 Å². The molecular formula is C15H25NO3. The molecule has 0 fully saturated rings. The van der Waals surface area contributed by atoms with Crippen molar-refractivity contribution in [3.8, 4) is 11.5 Å². The second-order valence-electron chi connectivity index (χ2n) is 4.76. The Morgan fingerprint density at radius 3 is 2.58 bits per heavy atom. The normalized spacial score (nSPS) is 13.9. The maximum absolute atomic E-state index is 9.89. The molecule has 0 amide bonds. The zero-order chi connectivity index (χ0) is 14.3. The fourth-order valence-electron chi connectivity index (χ4n) is 1.83. The van der Waals surface area contributed by atoms with Gasteiger partial charge in [0.05, 0.1) is 20.3 Å². The summed E-state index contributed by atoms with van der Waals surface area (Å²) in [6, 6.07) is 5.74. The maximum Gasteiger partial charge on any atom is 0.127 e. The molecule has 0 saturated carbocycles. The first-order valence-corrected chi connectivity index (χ1v) is 6.72. The highest BCUT2D eigenvalue weighted by atomic mass is 16.5. The van der Waals surface area contributed by atoms with Crippen molar-refractivity contribution in [2.24, 2.45) is 5.92 Å². The first kappa shape index (κ1) is 15.8. The smallest absolute Gasteiger partial charge is 0.127 e. The molecule has 2 atom stereocenters. The Kier molecular flexibility index (Phi) is 6.67. The number of nitrogens with one attached hydrogen (secondary N) is 1. The van der Waals surface area contributed by atoms with Crippen LogP contribution in [0.2, 0.25) is 0 Å². The average Bonchev–Trinajstić information content (AvgIpc) is 2.46. The van der Waals surface area contributed by atoms with Crippen molar-refractivity contribution in [1.82, 2.24) is 5.32 Å². The zero-order valence-electron chi connectivity index (χ0n) is 12.3. The summed E-state index contributed by atoms with van der Waals surface area (Å²) in [7, 11) is 3.28. The molecule has 4 nitrogen and oxygen atoms in total. The van der Waals surface area contributed by atoms with Gasteiger partial charge >= 0.3 is 0 Å². The van der Waals surface area contributed by atoms with Crippen LogP contribution < -0.4 is 14.8 Å². The number of hydrogen-bond donors (Lipinski definition) is 2. The lowest BCUT2D eigenvalue weighted by Gasteiger charge is -2.18. The largest absolute Gasteiger partial charge is 0.497 e. The zero-order valence-corrected chi connectivity index (χ0v) is 12.3. The van der Waals surface area contributed by atoms with Gasteiger partial charge in [0.1, 0.15) is 11.5 Å². The van der Waals surface area contributed by atoms with Gasteiger partial charge in [0.15, 0.2) is 0 Å².